The maximum atomic E-state index is 12.5. The first kappa shape index (κ1) is 19.6. The van der Waals surface area contributed by atoms with Crippen molar-refractivity contribution in [2.24, 2.45) is 0 Å². The molecule has 0 saturated carbocycles. The molecule has 1 amide bonds. The number of likely N-dealkylation sites (N-methyl/N-ethyl adjacent to an activating group) is 1. The predicted octanol–water partition coefficient (Wildman–Crippen LogP) is 2.28. The highest BCUT2D eigenvalue weighted by molar-refractivity contribution is 7.91. The van der Waals surface area contributed by atoms with Gasteiger partial charge >= 0.3 is 0 Å². The van der Waals surface area contributed by atoms with Gasteiger partial charge in [-0.15, -0.1) is 0 Å². The number of nitrogens with zero attached hydrogens (tertiary/aromatic N) is 3. The van der Waals surface area contributed by atoms with Crippen LogP contribution in [0.2, 0.25) is 5.02 Å². The Morgan fingerprint density at radius 3 is 2.41 bits per heavy atom. The Morgan fingerprint density at radius 1 is 1.15 bits per heavy atom. The summed E-state index contributed by atoms with van der Waals surface area (Å²) in [6.07, 6.45) is 2.41. The van der Waals surface area contributed by atoms with Crippen molar-refractivity contribution in [1.29, 1.82) is 0 Å². The van der Waals surface area contributed by atoms with Crippen LogP contribution in [0.25, 0.3) is 0 Å². The molecule has 1 aromatic carbocycles. The van der Waals surface area contributed by atoms with Crippen molar-refractivity contribution in [2.45, 2.75) is 6.42 Å². The molecule has 27 heavy (non-hydrogen) atoms. The highest BCUT2D eigenvalue weighted by Crippen LogP contribution is 2.15. The Morgan fingerprint density at radius 2 is 1.81 bits per heavy atom. The van der Waals surface area contributed by atoms with Crippen molar-refractivity contribution in [2.75, 3.05) is 43.1 Å². The van der Waals surface area contributed by atoms with E-state index in [0.29, 0.717) is 5.56 Å². The van der Waals surface area contributed by atoms with E-state index in [0.717, 1.165) is 23.8 Å². The molecule has 3 rings (SSSR count). The predicted molar refractivity (Wildman–Crippen MR) is 107 cm³/mol. The van der Waals surface area contributed by atoms with E-state index in [9.17, 15) is 13.2 Å². The van der Waals surface area contributed by atoms with Crippen LogP contribution in [0.5, 0.6) is 0 Å². The lowest BCUT2D eigenvalue weighted by atomic mass is 10.1. The number of benzene rings is 1. The largest absolute Gasteiger partial charge is 0.359 e. The number of carbonyl (C=O) groups is 1. The summed E-state index contributed by atoms with van der Waals surface area (Å²) < 4.78 is 23.0. The third-order valence-electron chi connectivity index (χ3n) is 4.67. The molecule has 8 heteroatoms. The van der Waals surface area contributed by atoms with Crippen LogP contribution in [0.4, 0.5) is 5.82 Å². The summed E-state index contributed by atoms with van der Waals surface area (Å²) in [5.74, 6) is 0.657. The quantitative estimate of drug-likeness (QED) is 0.760. The number of rotatable bonds is 5. The Bertz CT molecular complexity index is 885. The second-order valence-corrected chi connectivity index (χ2v) is 9.39. The Hall–Kier alpha value is -2.12. The van der Waals surface area contributed by atoms with Gasteiger partial charge < -0.3 is 9.80 Å². The standard InChI is InChI=1S/C19H22ClN3O3S/c1-22(9-8-15-2-5-17(20)6-3-15)18-7-4-16(14-21-18)19(24)23-10-12-27(25,26)13-11-23/h2-7,14H,8-13H2,1H3. The zero-order chi connectivity index (χ0) is 19.4. The molecule has 0 bridgehead atoms. The molecule has 2 heterocycles. The van der Waals surface area contributed by atoms with Crippen LogP contribution in [0.3, 0.4) is 0 Å². The molecule has 0 unspecified atom stereocenters. The molecule has 2 aromatic rings. The van der Waals surface area contributed by atoms with E-state index < -0.39 is 9.84 Å². The number of sulfone groups is 1. The van der Waals surface area contributed by atoms with Crippen molar-refractivity contribution >= 4 is 33.2 Å². The normalized spacial score (nSPS) is 16.1. The molecule has 0 N–H and O–H groups in total. The second-order valence-electron chi connectivity index (χ2n) is 6.65. The van der Waals surface area contributed by atoms with Crippen LogP contribution in [0, 0.1) is 0 Å². The van der Waals surface area contributed by atoms with Crippen LogP contribution in [-0.4, -0.2) is 62.4 Å². The van der Waals surface area contributed by atoms with Crippen LogP contribution in [0.1, 0.15) is 15.9 Å². The fraction of sp³-hybridized carbons (Fsp3) is 0.368. The zero-order valence-corrected chi connectivity index (χ0v) is 16.7. The number of anilines is 1. The molecular formula is C19H22ClN3O3S. The first-order valence-electron chi connectivity index (χ1n) is 8.75. The lowest BCUT2D eigenvalue weighted by Gasteiger charge is -2.26. The van der Waals surface area contributed by atoms with Gasteiger partial charge in [0.1, 0.15) is 5.82 Å². The molecule has 0 atom stereocenters. The monoisotopic (exact) mass is 407 g/mol. The van der Waals surface area contributed by atoms with Gasteiger partial charge in [0.2, 0.25) is 0 Å². The smallest absolute Gasteiger partial charge is 0.255 e. The van der Waals surface area contributed by atoms with Gasteiger partial charge in [-0.05, 0) is 36.2 Å². The summed E-state index contributed by atoms with van der Waals surface area (Å²) in [5.41, 5.74) is 1.67. The summed E-state index contributed by atoms with van der Waals surface area (Å²) in [6, 6.07) is 11.3. The Balaban J connectivity index is 1.57. The van der Waals surface area contributed by atoms with Crippen molar-refractivity contribution in [3.8, 4) is 0 Å². The lowest BCUT2D eigenvalue weighted by molar-refractivity contribution is 0.0770. The molecule has 0 spiro atoms. The number of hydrogen-bond donors (Lipinski definition) is 0. The average Bonchev–Trinajstić information content (AvgIpc) is 2.67. The van der Waals surface area contributed by atoms with E-state index in [-0.39, 0.29) is 30.5 Å². The van der Waals surface area contributed by atoms with Crippen molar-refractivity contribution in [3.05, 3.63) is 58.7 Å². The number of aromatic nitrogens is 1. The molecule has 1 fully saturated rings. The maximum absolute atomic E-state index is 12.5. The van der Waals surface area contributed by atoms with Gasteiger partial charge in [0, 0.05) is 37.9 Å². The van der Waals surface area contributed by atoms with Crippen molar-refractivity contribution < 1.29 is 13.2 Å². The third kappa shape index (κ3) is 5.20. The molecular weight excluding hydrogens is 386 g/mol. The number of carbonyl (C=O) groups excluding carboxylic acids is 1. The second kappa shape index (κ2) is 8.27. The topological polar surface area (TPSA) is 70.6 Å². The minimum atomic E-state index is -3.00. The maximum Gasteiger partial charge on any atom is 0.255 e. The highest BCUT2D eigenvalue weighted by Gasteiger charge is 2.25. The molecule has 6 nitrogen and oxygen atoms in total. The molecule has 144 valence electrons. The van der Waals surface area contributed by atoms with E-state index in [2.05, 4.69) is 4.98 Å². The average molecular weight is 408 g/mol. The first-order chi connectivity index (χ1) is 12.8. The third-order valence-corrected chi connectivity index (χ3v) is 6.53. The zero-order valence-electron chi connectivity index (χ0n) is 15.1. The molecule has 0 radical (unpaired) electrons. The number of hydrogen-bond acceptors (Lipinski definition) is 5. The van der Waals surface area contributed by atoms with E-state index in [1.807, 2.05) is 42.3 Å². The fourth-order valence-electron chi connectivity index (χ4n) is 2.90. The summed E-state index contributed by atoms with van der Waals surface area (Å²) in [6.45, 7) is 1.26. The molecule has 0 aliphatic carbocycles. The van der Waals surface area contributed by atoms with E-state index in [4.69, 9.17) is 11.6 Å². The Kier molecular flexibility index (Phi) is 6.01. The van der Waals surface area contributed by atoms with Crippen LogP contribution in [-0.2, 0) is 16.3 Å². The summed E-state index contributed by atoms with van der Waals surface area (Å²) in [4.78, 5) is 20.5. The van der Waals surface area contributed by atoms with Gasteiger partial charge in [-0.2, -0.15) is 0 Å². The van der Waals surface area contributed by atoms with E-state index in [1.165, 1.54) is 5.56 Å². The van der Waals surface area contributed by atoms with Crippen LogP contribution in [0.15, 0.2) is 42.6 Å². The fourth-order valence-corrected chi connectivity index (χ4v) is 4.23. The highest BCUT2D eigenvalue weighted by atomic mass is 35.5. The number of amides is 1. The lowest BCUT2D eigenvalue weighted by Crippen LogP contribution is -2.43. The SMILES string of the molecule is CN(CCc1ccc(Cl)cc1)c1ccc(C(=O)N2CCS(=O)(=O)CC2)cn1. The van der Waals surface area contributed by atoms with Crippen molar-refractivity contribution in [3.63, 3.8) is 0 Å². The number of halogens is 1. The summed E-state index contributed by atoms with van der Waals surface area (Å²) in [5, 5.41) is 0.723. The van der Waals surface area contributed by atoms with Gasteiger partial charge in [0.15, 0.2) is 9.84 Å². The summed E-state index contributed by atoms with van der Waals surface area (Å²) >= 11 is 5.90. The summed E-state index contributed by atoms with van der Waals surface area (Å²) in [7, 11) is -1.05. The van der Waals surface area contributed by atoms with E-state index in [1.54, 1.807) is 17.2 Å². The van der Waals surface area contributed by atoms with Gasteiger partial charge in [-0.1, -0.05) is 23.7 Å². The van der Waals surface area contributed by atoms with Gasteiger partial charge in [0.25, 0.3) is 5.91 Å². The Labute approximate surface area is 164 Å². The number of pyridine rings is 1. The van der Waals surface area contributed by atoms with Crippen LogP contribution < -0.4 is 4.90 Å². The van der Waals surface area contributed by atoms with Crippen molar-refractivity contribution in [1.82, 2.24) is 9.88 Å². The molecule has 1 aliphatic heterocycles. The van der Waals surface area contributed by atoms with Gasteiger partial charge in [-0.3, -0.25) is 4.79 Å². The minimum Gasteiger partial charge on any atom is -0.359 e. The molecule has 1 aliphatic rings. The van der Waals surface area contributed by atoms with Gasteiger partial charge in [-0.25, -0.2) is 13.4 Å². The molecule has 1 aromatic heterocycles. The van der Waals surface area contributed by atoms with Gasteiger partial charge in [0.05, 0.1) is 17.1 Å². The van der Waals surface area contributed by atoms with E-state index >= 15 is 0 Å². The minimum absolute atomic E-state index is 0.0255. The molecule has 1 saturated heterocycles. The first-order valence-corrected chi connectivity index (χ1v) is 11.0. The van der Waals surface area contributed by atoms with Crippen LogP contribution >= 0.6 is 11.6 Å².